The molecular formula is C58H65NO7P+. The molecule has 6 aromatic rings. The highest BCUT2D eigenvalue weighted by atomic mass is 31.2. The van der Waals surface area contributed by atoms with Crippen LogP contribution in [-0.4, -0.2) is 55.3 Å². The van der Waals surface area contributed by atoms with Crippen LogP contribution in [0.4, 0.5) is 0 Å². The lowest BCUT2D eigenvalue weighted by molar-refractivity contribution is -0.159. The van der Waals surface area contributed by atoms with Crippen LogP contribution in [0.5, 0.6) is 0 Å². The first-order valence-electron chi connectivity index (χ1n) is 23.8. The van der Waals surface area contributed by atoms with E-state index in [1.807, 2.05) is 91.0 Å². The van der Waals surface area contributed by atoms with Gasteiger partial charge < -0.3 is 19.5 Å². The van der Waals surface area contributed by atoms with Gasteiger partial charge in [-0.3, -0.25) is 19.2 Å². The molecular weight excluding hydrogens is 854 g/mol. The molecule has 0 fully saturated rings. The molecule has 0 aliphatic carbocycles. The molecule has 0 aromatic heterocycles. The molecule has 0 saturated heterocycles. The molecule has 6 aromatic carbocycles. The van der Waals surface area contributed by atoms with Crippen molar-refractivity contribution >= 4 is 47.0 Å². The summed E-state index contributed by atoms with van der Waals surface area (Å²) in [5.41, 5.74) is 1.83. The van der Waals surface area contributed by atoms with Crippen LogP contribution in [0.3, 0.4) is 0 Å². The highest BCUT2D eigenvalue weighted by Gasteiger charge is 2.44. The molecule has 67 heavy (non-hydrogen) atoms. The van der Waals surface area contributed by atoms with Gasteiger partial charge in [-0.15, -0.1) is 0 Å². The monoisotopic (exact) mass is 918 g/mol. The maximum absolute atomic E-state index is 14.1. The summed E-state index contributed by atoms with van der Waals surface area (Å²) in [4.78, 5) is 53.9. The average molecular weight is 919 g/mol. The molecule has 0 aliphatic rings. The number of aryl methyl sites for hydroxylation is 3. The summed E-state index contributed by atoms with van der Waals surface area (Å²) in [6.45, 7) is -1.01. The molecule has 0 radical (unpaired) electrons. The van der Waals surface area contributed by atoms with Gasteiger partial charge in [-0.05, 0) is 111 Å². The van der Waals surface area contributed by atoms with E-state index in [1.165, 1.54) is 15.9 Å². The first kappa shape index (κ1) is 50.1. The Morgan fingerprint density at radius 3 is 1.01 bits per heavy atom. The zero-order valence-corrected chi connectivity index (χ0v) is 39.5. The number of amides is 1. The van der Waals surface area contributed by atoms with Gasteiger partial charge in [-0.2, -0.15) is 0 Å². The van der Waals surface area contributed by atoms with Gasteiger partial charge in [0.1, 0.15) is 48.5 Å². The first-order valence-corrected chi connectivity index (χ1v) is 25.8. The van der Waals surface area contributed by atoms with Crippen molar-refractivity contribution in [1.82, 2.24) is 5.32 Å². The maximum Gasteiger partial charge on any atom is 0.305 e. The molecule has 0 saturated carbocycles. The lowest BCUT2D eigenvalue weighted by Gasteiger charge is -2.33. The topological polar surface area (TPSA) is 108 Å². The molecule has 0 aliphatic heterocycles. The van der Waals surface area contributed by atoms with Gasteiger partial charge in [0.15, 0.2) is 0 Å². The zero-order valence-electron chi connectivity index (χ0n) is 38.6. The summed E-state index contributed by atoms with van der Waals surface area (Å²) in [5.74, 6) is -1.68. The van der Waals surface area contributed by atoms with Gasteiger partial charge in [0, 0.05) is 25.7 Å². The lowest BCUT2D eigenvalue weighted by atomic mass is 10.0. The van der Waals surface area contributed by atoms with Crippen molar-refractivity contribution in [3.63, 3.8) is 0 Å². The highest BCUT2D eigenvalue weighted by molar-refractivity contribution is 7.95. The second kappa shape index (κ2) is 27.3. The Labute approximate surface area is 397 Å². The zero-order chi connectivity index (χ0) is 46.8. The van der Waals surface area contributed by atoms with E-state index in [0.717, 1.165) is 35.7 Å². The van der Waals surface area contributed by atoms with E-state index in [-0.39, 0.29) is 51.4 Å². The van der Waals surface area contributed by atoms with E-state index in [1.54, 1.807) is 0 Å². The number of esters is 3. The number of unbranched alkanes of at least 4 members (excludes halogenated alkanes) is 2. The molecule has 0 spiro atoms. The Kier molecular flexibility index (Phi) is 20.4. The summed E-state index contributed by atoms with van der Waals surface area (Å²) in [6, 6.07) is 62.0. The van der Waals surface area contributed by atoms with Crippen molar-refractivity contribution in [3.8, 4) is 0 Å². The Balaban J connectivity index is 1.14. The van der Waals surface area contributed by atoms with Crippen LogP contribution in [0, 0.1) is 0 Å². The Bertz CT molecular complexity index is 2120. The van der Waals surface area contributed by atoms with Gasteiger partial charge >= 0.3 is 17.9 Å². The van der Waals surface area contributed by atoms with E-state index in [2.05, 4.69) is 96.3 Å². The van der Waals surface area contributed by atoms with Crippen LogP contribution in [0.2, 0.25) is 0 Å². The molecule has 6 rings (SSSR count). The van der Waals surface area contributed by atoms with Crippen molar-refractivity contribution in [1.29, 1.82) is 0 Å². The van der Waals surface area contributed by atoms with Crippen molar-refractivity contribution in [2.75, 3.05) is 26.0 Å². The fourth-order valence-electron chi connectivity index (χ4n) is 8.40. The van der Waals surface area contributed by atoms with Gasteiger partial charge in [-0.1, -0.05) is 146 Å². The minimum Gasteiger partial charge on any atom is -0.463 e. The number of carbonyl (C=O) groups is 4. The molecule has 348 valence electrons. The number of hydrogen-bond acceptors (Lipinski definition) is 7. The molecule has 1 amide bonds. The Hall–Kier alpha value is -6.37. The molecule has 1 N–H and O–H groups in total. The summed E-state index contributed by atoms with van der Waals surface area (Å²) >= 11 is 0. The fraction of sp³-hybridized carbons (Fsp3) is 0.310. The van der Waals surface area contributed by atoms with E-state index >= 15 is 0 Å². The van der Waals surface area contributed by atoms with Crippen LogP contribution < -0.4 is 21.2 Å². The van der Waals surface area contributed by atoms with Crippen molar-refractivity contribution in [2.45, 2.75) is 89.0 Å². The maximum atomic E-state index is 14.1. The van der Waals surface area contributed by atoms with Crippen molar-refractivity contribution < 1.29 is 33.4 Å². The quantitative estimate of drug-likeness (QED) is 0.0226. The number of ether oxygens (including phenoxy) is 3. The molecule has 0 unspecified atom stereocenters. The number of nitrogens with one attached hydrogen (secondary N) is 1. The van der Waals surface area contributed by atoms with Crippen LogP contribution in [0.15, 0.2) is 182 Å². The first-order chi connectivity index (χ1) is 32.8. The second-order valence-corrected chi connectivity index (χ2v) is 20.8. The summed E-state index contributed by atoms with van der Waals surface area (Å²) < 4.78 is 17.6. The average Bonchev–Trinajstić information content (AvgIpc) is 3.37. The van der Waals surface area contributed by atoms with Crippen LogP contribution >= 0.6 is 7.26 Å². The predicted octanol–water partition coefficient (Wildman–Crippen LogP) is 10.1. The summed E-state index contributed by atoms with van der Waals surface area (Å²) in [7, 11) is -2.03. The van der Waals surface area contributed by atoms with Crippen LogP contribution in [0.1, 0.15) is 80.9 Å². The highest BCUT2D eigenvalue weighted by Crippen LogP contribution is 2.56. The van der Waals surface area contributed by atoms with E-state index in [4.69, 9.17) is 14.2 Å². The molecule has 8 nitrogen and oxygen atoms in total. The van der Waals surface area contributed by atoms with Gasteiger partial charge in [-0.25, -0.2) is 0 Å². The summed E-state index contributed by atoms with van der Waals surface area (Å²) in [6.07, 6.45) is 7.62. The Morgan fingerprint density at radius 1 is 0.373 bits per heavy atom. The largest absolute Gasteiger partial charge is 0.463 e. The number of benzene rings is 6. The number of carbonyl (C=O) groups excluding carboxylic acids is 4. The van der Waals surface area contributed by atoms with Gasteiger partial charge in [0.2, 0.25) is 5.91 Å². The number of rotatable bonds is 28. The molecule has 0 heterocycles. The van der Waals surface area contributed by atoms with E-state index in [0.29, 0.717) is 44.9 Å². The molecule has 0 atom stereocenters. The third-order valence-corrected chi connectivity index (χ3v) is 16.5. The second-order valence-electron chi connectivity index (χ2n) is 17.2. The normalized spacial score (nSPS) is 11.3. The fourth-order valence-corrected chi connectivity index (χ4v) is 12.8. The van der Waals surface area contributed by atoms with Crippen molar-refractivity contribution in [3.05, 3.63) is 199 Å². The summed E-state index contributed by atoms with van der Waals surface area (Å²) in [5, 5.41) is 7.00. The lowest BCUT2D eigenvalue weighted by Crippen LogP contribution is -2.59. The van der Waals surface area contributed by atoms with Crippen molar-refractivity contribution in [2.24, 2.45) is 0 Å². The minimum atomic E-state index is -2.03. The van der Waals surface area contributed by atoms with E-state index in [9.17, 15) is 19.2 Å². The van der Waals surface area contributed by atoms with E-state index < -0.39 is 30.7 Å². The SMILES string of the molecule is O=C(CCCCC[P+](c1ccccc1)(c1ccccc1)c1ccccc1)NC(COC(=O)CCCc1ccccc1)(COC(=O)CCCc1ccccc1)COC(=O)CCCc1ccccc1. The number of hydrogen-bond donors (Lipinski definition) is 1. The third kappa shape index (κ3) is 16.5. The van der Waals surface area contributed by atoms with Gasteiger partial charge in [0.05, 0.1) is 6.16 Å². The standard InChI is InChI=1S/C58H64NO7P/c60-54(40-20-7-21-44-67(51-34-14-4-15-35-51,52-36-16-5-17-37-52)53-38-18-6-19-39-53)59-58(45-64-55(61)41-22-31-48-25-8-1-9-26-48,46-65-56(62)42-23-32-49-27-10-2-11-28-49)47-66-57(63)43-24-33-50-29-12-3-13-30-50/h1-6,8-19,25-30,34-39H,7,20-24,31-33,40-47H2/p+1. The predicted molar refractivity (Wildman–Crippen MR) is 270 cm³/mol. The minimum absolute atomic E-state index is 0.149. The van der Waals surface area contributed by atoms with Crippen LogP contribution in [0.25, 0.3) is 0 Å². The van der Waals surface area contributed by atoms with Gasteiger partial charge in [0.25, 0.3) is 0 Å². The molecule has 9 heteroatoms. The molecule has 0 bridgehead atoms. The Morgan fingerprint density at radius 2 is 0.687 bits per heavy atom. The third-order valence-electron chi connectivity index (χ3n) is 12.0. The van der Waals surface area contributed by atoms with Crippen LogP contribution in [-0.2, 0) is 52.7 Å². The smallest absolute Gasteiger partial charge is 0.305 e.